The first-order valence-corrected chi connectivity index (χ1v) is 6.28. The minimum absolute atomic E-state index is 0.0445. The predicted octanol–water partition coefficient (Wildman–Crippen LogP) is 2.52. The van der Waals surface area contributed by atoms with Crippen LogP contribution in [-0.4, -0.2) is 11.1 Å². The van der Waals surface area contributed by atoms with Crippen LogP contribution in [-0.2, 0) is 13.0 Å². The molecule has 0 fully saturated rings. The van der Waals surface area contributed by atoms with Gasteiger partial charge in [-0.25, -0.2) is 0 Å². The molecular weight excluding hydrogens is 224 g/mol. The van der Waals surface area contributed by atoms with Gasteiger partial charge in [0.15, 0.2) is 0 Å². The number of para-hydroxylation sites is 1. The number of aromatic nitrogens is 1. The number of aryl methyl sites for hydroxylation is 1. The molecule has 0 saturated heterocycles. The van der Waals surface area contributed by atoms with Crippen LogP contribution in [0.3, 0.4) is 0 Å². The average Bonchev–Trinajstić information content (AvgIpc) is 2.41. The summed E-state index contributed by atoms with van der Waals surface area (Å²) in [6.07, 6.45) is 2.82. The molecule has 3 nitrogen and oxygen atoms in total. The van der Waals surface area contributed by atoms with Crippen LogP contribution in [0.15, 0.2) is 53.5 Å². The molecule has 0 radical (unpaired) electrons. The highest BCUT2D eigenvalue weighted by Crippen LogP contribution is 2.14. The van der Waals surface area contributed by atoms with E-state index in [0.717, 1.165) is 18.7 Å². The molecule has 0 atom stereocenters. The standard InChI is InChI=1S/C15H18N2O/c1-2-13-7-3-4-8-14(13)16-10-12-17-11-6-5-9-15(17)18/h3-9,11,16H,2,10,12H2,1H3. The maximum atomic E-state index is 11.5. The van der Waals surface area contributed by atoms with Crippen molar-refractivity contribution in [3.8, 4) is 0 Å². The molecule has 0 unspecified atom stereocenters. The van der Waals surface area contributed by atoms with Gasteiger partial charge in [-0.1, -0.05) is 31.2 Å². The molecule has 0 aliphatic carbocycles. The van der Waals surface area contributed by atoms with Crippen LogP contribution in [0.5, 0.6) is 0 Å². The summed E-state index contributed by atoms with van der Waals surface area (Å²) in [5, 5.41) is 3.38. The SMILES string of the molecule is CCc1ccccc1NCCn1ccccc1=O. The van der Waals surface area contributed by atoms with E-state index < -0.39 is 0 Å². The molecule has 0 amide bonds. The Balaban J connectivity index is 1.97. The monoisotopic (exact) mass is 242 g/mol. The predicted molar refractivity (Wildman–Crippen MR) is 75.0 cm³/mol. The lowest BCUT2D eigenvalue weighted by molar-refractivity contribution is 0.697. The van der Waals surface area contributed by atoms with Crippen LogP contribution in [0.2, 0.25) is 0 Å². The number of benzene rings is 1. The fourth-order valence-electron chi connectivity index (χ4n) is 1.96. The summed E-state index contributed by atoms with van der Waals surface area (Å²) in [5.74, 6) is 0. The second kappa shape index (κ2) is 6.05. The number of anilines is 1. The molecule has 1 aromatic heterocycles. The van der Waals surface area contributed by atoms with Gasteiger partial charge in [0.05, 0.1) is 0 Å². The van der Waals surface area contributed by atoms with Gasteiger partial charge < -0.3 is 9.88 Å². The largest absolute Gasteiger partial charge is 0.383 e. The van der Waals surface area contributed by atoms with Crippen LogP contribution in [0.4, 0.5) is 5.69 Å². The van der Waals surface area contributed by atoms with Gasteiger partial charge in [0.25, 0.3) is 5.56 Å². The van der Waals surface area contributed by atoms with E-state index in [9.17, 15) is 4.79 Å². The Morgan fingerprint density at radius 3 is 2.67 bits per heavy atom. The van der Waals surface area contributed by atoms with Crippen molar-refractivity contribution in [1.29, 1.82) is 0 Å². The molecule has 0 bridgehead atoms. The lowest BCUT2D eigenvalue weighted by atomic mass is 10.1. The Labute approximate surface area is 107 Å². The first kappa shape index (κ1) is 12.4. The summed E-state index contributed by atoms with van der Waals surface area (Å²) in [6.45, 7) is 3.57. The topological polar surface area (TPSA) is 34.0 Å². The van der Waals surface area contributed by atoms with Crippen molar-refractivity contribution in [1.82, 2.24) is 4.57 Å². The van der Waals surface area contributed by atoms with Gasteiger partial charge >= 0.3 is 0 Å². The third-order valence-corrected chi connectivity index (χ3v) is 2.97. The summed E-state index contributed by atoms with van der Waals surface area (Å²) >= 11 is 0. The fourth-order valence-corrected chi connectivity index (χ4v) is 1.96. The van der Waals surface area contributed by atoms with Gasteiger partial charge in [-0.15, -0.1) is 0 Å². The van der Waals surface area contributed by atoms with Gasteiger partial charge in [0.1, 0.15) is 0 Å². The van der Waals surface area contributed by atoms with E-state index in [1.165, 1.54) is 5.56 Å². The molecule has 3 heteroatoms. The van der Waals surface area contributed by atoms with Crippen LogP contribution in [0.1, 0.15) is 12.5 Å². The molecule has 0 aliphatic rings. The highest BCUT2D eigenvalue weighted by molar-refractivity contribution is 5.50. The minimum atomic E-state index is 0.0445. The normalized spacial score (nSPS) is 10.3. The molecule has 18 heavy (non-hydrogen) atoms. The van der Waals surface area contributed by atoms with Gasteiger partial charge in [-0.05, 0) is 24.1 Å². The van der Waals surface area contributed by atoms with E-state index in [1.807, 2.05) is 24.4 Å². The fraction of sp³-hybridized carbons (Fsp3) is 0.267. The van der Waals surface area contributed by atoms with E-state index in [4.69, 9.17) is 0 Å². The van der Waals surface area contributed by atoms with Crippen molar-refractivity contribution in [2.24, 2.45) is 0 Å². The molecule has 1 aromatic carbocycles. The van der Waals surface area contributed by atoms with Gasteiger partial charge in [0.2, 0.25) is 0 Å². The van der Waals surface area contributed by atoms with Crippen molar-refractivity contribution >= 4 is 5.69 Å². The lowest BCUT2D eigenvalue weighted by Crippen LogP contribution is -2.22. The smallest absolute Gasteiger partial charge is 0.250 e. The maximum absolute atomic E-state index is 11.5. The summed E-state index contributed by atoms with van der Waals surface area (Å²) < 4.78 is 1.71. The minimum Gasteiger partial charge on any atom is -0.383 e. The van der Waals surface area contributed by atoms with Crippen LogP contribution in [0, 0.1) is 0 Å². The number of nitrogens with zero attached hydrogens (tertiary/aromatic N) is 1. The van der Waals surface area contributed by atoms with Crippen LogP contribution >= 0.6 is 0 Å². The Bertz CT molecular complexity index is 560. The van der Waals surface area contributed by atoms with Crippen molar-refractivity contribution in [2.75, 3.05) is 11.9 Å². The molecule has 2 aromatic rings. The van der Waals surface area contributed by atoms with Crippen molar-refractivity contribution in [3.05, 3.63) is 64.6 Å². The van der Waals surface area contributed by atoms with Crippen molar-refractivity contribution in [3.63, 3.8) is 0 Å². The van der Waals surface area contributed by atoms with E-state index in [-0.39, 0.29) is 5.56 Å². The molecule has 2 rings (SSSR count). The Kier molecular flexibility index (Phi) is 4.18. The van der Waals surface area contributed by atoms with Crippen LogP contribution in [0.25, 0.3) is 0 Å². The quantitative estimate of drug-likeness (QED) is 0.874. The zero-order chi connectivity index (χ0) is 12.8. The Morgan fingerprint density at radius 2 is 1.89 bits per heavy atom. The maximum Gasteiger partial charge on any atom is 0.250 e. The first-order valence-electron chi connectivity index (χ1n) is 6.28. The highest BCUT2D eigenvalue weighted by atomic mass is 16.1. The van der Waals surface area contributed by atoms with E-state index in [1.54, 1.807) is 16.7 Å². The molecule has 1 N–H and O–H groups in total. The third-order valence-electron chi connectivity index (χ3n) is 2.97. The van der Waals surface area contributed by atoms with Crippen LogP contribution < -0.4 is 10.9 Å². The average molecular weight is 242 g/mol. The number of hydrogen-bond donors (Lipinski definition) is 1. The van der Waals surface area contributed by atoms with E-state index in [0.29, 0.717) is 6.54 Å². The lowest BCUT2D eigenvalue weighted by Gasteiger charge is -2.11. The van der Waals surface area contributed by atoms with Gasteiger partial charge in [0, 0.05) is 31.0 Å². The number of rotatable bonds is 5. The molecule has 0 saturated carbocycles. The number of hydrogen-bond acceptors (Lipinski definition) is 2. The number of nitrogens with one attached hydrogen (secondary N) is 1. The van der Waals surface area contributed by atoms with Gasteiger partial charge in [-0.3, -0.25) is 4.79 Å². The molecule has 94 valence electrons. The second-order valence-corrected chi connectivity index (χ2v) is 4.17. The zero-order valence-electron chi connectivity index (χ0n) is 10.6. The second-order valence-electron chi connectivity index (χ2n) is 4.17. The number of pyridine rings is 1. The third kappa shape index (κ3) is 3.00. The highest BCUT2D eigenvalue weighted by Gasteiger charge is 1.99. The van der Waals surface area contributed by atoms with E-state index >= 15 is 0 Å². The summed E-state index contributed by atoms with van der Waals surface area (Å²) in [7, 11) is 0. The van der Waals surface area contributed by atoms with Crippen molar-refractivity contribution in [2.45, 2.75) is 19.9 Å². The molecule has 0 spiro atoms. The summed E-state index contributed by atoms with van der Waals surface area (Å²) in [4.78, 5) is 11.5. The van der Waals surface area contributed by atoms with E-state index in [2.05, 4.69) is 24.4 Å². The van der Waals surface area contributed by atoms with Gasteiger partial charge in [-0.2, -0.15) is 0 Å². The molecular formula is C15H18N2O. The summed E-state index contributed by atoms with van der Waals surface area (Å²) in [6, 6.07) is 13.5. The Morgan fingerprint density at radius 1 is 1.11 bits per heavy atom. The molecule has 0 aliphatic heterocycles. The Hall–Kier alpha value is -2.03. The summed E-state index contributed by atoms with van der Waals surface area (Å²) in [5.41, 5.74) is 2.50. The van der Waals surface area contributed by atoms with Crippen molar-refractivity contribution < 1.29 is 0 Å². The first-order chi connectivity index (χ1) is 8.81. The molecule has 1 heterocycles. The zero-order valence-corrected chi connectivity index (χ0v) is 10.6.